The molecule has 0 radical (unpaired) electrons. The van der Waals surface area contributed by atoms with E-state index in [9.17, 15) is 22.8 Å². The van der Waals surface area contributed by atoms with Gasteiger partial charge in [0.1, 0.15) is 6.04 Å². The lowest BCUT2D eigenvalue weighted by Crippen LogP contribution is -2.43. The number of halogens is 4. The molecule has 1 atom stereocenters. The van der Waals surface area contributed by atoms with Crippen LogP contribution < -0.4 is 5.32 Å². The fraction of sp³-hybridized carbons (Fsp3) is 0.222. The van der Waals surface area contributed by atoms with Crippen molar-refractivity contribution in [3.05, 3.63) is 70.2 Å². The molecule has 0 spiro atoms. The van der Waals surface area contributed by atoms with Crippen molar-refractivity contribution in [3.63, 3.8) is 0 Å². The first-order valence-corrected chi connectivity index (χ1v) is 7.89. The summed E-state index contributed by atoms with van der Waals surface area (Å²) in [4.78, 5) is 24.2. The molecule has 26 heavy (non-hydrogen) atoms. The van der Waals surface area contributed by atoms with Crippen LogP contribution in [0.25, 0.3) is 0 Å². The van der Waals surface area contributed by atoms with Gasteiger partial charge in [0.05, 0.1) is 12.7 Å². The predicted molar refractivity (Wildman–Crippen MR) is 89.9 cm³/mol. The van der Waals surface area contributed by atoms with Crippen molar-refractivity contribution in [2.24, 2.45) is 0 Å². The van der Waals surface area contributed by atoms with Crippen LogP contribution in [0.15, 0.2) is 48.5 Å². The summed E-state index contributed by atoms with van der Waals surface area (Å²) in [5.41, 5.74) is -0.332. The molecule has 0 aliphatic rings. The standard InChI is InChI=1S/C18H15ClF3NO3/c1-26-17(25)15(23-16(24)12-5-7-14(19)8-6-12)10-11-3-2-4-13(9-11)18(20,21)22/h2-9,15H,10H2,1H3,(H,23,24)/t15-/m0/s1. The van der Waals surface area contributed by atoms with E-state index in [1.54, 1.807) is 0 Å². The van der Waals surface area contributed by atoms with Crippen LogP contribution in [0.3, 0.4) is 0 Å². The summed E-state index contributed by atoms with van der Waals surface area (Å²) >= 11 is 5.76. The van der Waals surface area contributed by atoms with E-state index in [1.165, 1.54) is 36.4 Å². The van der Waals surface area contributed by atoms with Crippen molar-refractivity contribution in [1.29, 1.82) is 0 Å². The van der Waals surface area contributed by atoms with Gasteiger partial charge in [0, 0.05) is 17.0 Å². The maximum atomic E-state index is 12.8. The molecular weight excluding hydrogens is 371 g/mol. The summed E-state index contributed by atoms with van der Waals surface area (Å²) < 4.78 is 43.1. The third kappa shape index (κ3) is 5.23. The average Bonchev–Trinajstić information content (AvgIpc) is 2.60. The summed E-state index contributed by atoms with van der Waals surface area (Å²) in [7, 11) is 1.13. The molecule has 8 heteroatoms. The molecule has 138 valence electrons. The van der Waals surface area contributed by atoms with E-state index >= 15 is 0 Å². The number of carbonyl (C=O) groups is 2. The second-order valence-electron chi connectivity index (χ2n) is 5.46. The molecule has 1 amide bonds. The molecule has 0 aliphatic carbocycles. The van der Waals surface area contributed by atoms with Gasteiger partial charge in [0.15, 0.2) is 0 Å². The summed E-state index contributed by atoms with van der Waals surface area (Å²) in [6, 6.07) is 9.38. The van der Waals surface area contributed by atoms with Crippen LogP contribution in [0.2, 0.25) is 5.02 Å². The smallest absolute Gasteiger partial charge is 0.416 e. The van der Waals surface area contributed by atoms with Crippen LogP contribution >= 0.6 is 11.6 Å². The third-order valence-electron chi connectivity index (χ3n) is 3.59. The van der Waals surface area contributed by atoms with E-state index in [-0.39, 0.29) is 17.5 Å². The highest BCUT2D eigenvalue weighted by Gasteiger charge is 2.31. The largest absolute Gasteiger partial charge is 0.467 e. The van der Waals surface area contributed by atoms with Crippen LogP contribution in [0.4, 0.5) is 13.2 Å². The fourth-order valence-electron chi connectivity index (χ4n) is 2.29. The van der Waals surface area contributed by atoms with E-state index in [0.717, 1.165) is 19.2 Å². The van der Waals surface area contributed by atoms with Crippen LogP contribution in [0.1, 0.15) is 21.5 Å². The third-order valence-corrected chi connectivity index (χ3v) is 3.84. The quantitative estimate of drug-likeness (QED) is 0.795. The number of methoxy groups -OCH3 is 1. The molecule has 4 nitrogen and oxygen atoms in total. The number of alkyl halides is 3. The fourth-order valence-corrected chi connectivity index (χ4v) is 2.41. The first-order chi connectivity index (χ1) is 12.2. The van der Waals surface area contributed by atoms with Gasteiger partial charge in [0.2, 0.25) is 0 Å². The number of hydrogen-bond donors (Lipinski definition) is 1. The van der Waals surface area contributed by atoms with E-state index in [0.29, 0.717) is 5.02 Å². The summed E-state index contributed by atoms with van der Waals surface area (Å²) in [6.07, 6.45) is -4.64. The van der Waals surface area contributed by atoms with Crippen molar-refractivity contribution >= 4 is 23.5 Å². The highest BCUT2D eigenvalue weighted by Crippen LogP contribution is 2.29. The maximum Gasteiger partial charge on any atom is 0.416 e. The summed E-state index contributed by atoms with van der Waals surface area (Å²) in [5.74, 6) is -1.33. The van der Waals surface area contributed by atoms with Crippen LogP contribution in [0.5, 0.6) is 0 Å². The van der Waals surface area contributed by atoms with Crippen molar-refractivity contribution in [2.45, 2.75) is 18.6 Å². The molecule has 0 aromatic heterocycles. The van der Waals surface area contributed by atoms with Crippen molar-refractivity contribution in [1.82, 2.24) is 5.32 Å². The molecule has 2 aromatic carbocycles. The Labute approximate surface area is 152 Å². The van der Waals surface area contributed by atoms with Gasteiger partial charge < -0.3 is 10.1 Å². The van der Waals surface area contributed by atoms with E-state index in [1.807, 2.05) is 0 Å². The molecule has 0 saturated heterocycles. The Morgan fingerprint density at radius 2 is 1.81 bits per heavy atom. The molecule has 1 N–H and O–H groups in total. The Morgan fingerprint density at radius 3 is 2.38 bits per heavy atom. The topological polar surface area (TPSA) is 55.4 Å². The van der Waals surface area contributed by atoms with E-state index in [4.69, 9.17) is 11.6 Å². The second kappa shape index (κ2) is 8.23. The SMILES string of the molecule is COC(=O)[C@H](Cc1cccc(C(F)(F)F)c1)NC(=O)c1ccc(Cl)cc1. The van der Waals surface area contributed by atoms with Gasteiger partial charge >= 0.3 is 12.1 Å². The first-order valence-electron chi connectivity index (χ1n) is 7.51. The minimum absolute atomic E-state index is 0.143. The number of ether oxygens (including phenoxy) is 1. The lowest BCUT2D eigenvalue weighted by atomic mass is 10.0. The number of benzene rings is 2. The zero-order valence-corrected chi connectivity index (χ0v) is 14.4. The lowest BCUT2D eigenvalue weighted by molar-refractivity contribution is -0.142. The highest BCUT2D eigenvalue weighted by molar-refractivity contribution is 6.30. The first kappa shape index (κ1) is 19.8. The number of rotatable bonds is 5. The van der Waals surface area contributed by atoms with Gasteiger partial charge in [-0.15, -0.1) is 0 Å². The Kier molecular flexibility index (Phi) is 6.26. The molecule has 2 aromatic rings. The number of hydrogen-bond acceptors (Lipinski definition) is 3. The van der Waals surface area contributed by atoms with Crippen LogP contribution in [-0.2, 0) is 22.1 Å². The lowest BCUT2D eigenvalue weighted by Gasteiger charge is -2.17. The molecule has 0 heterocycles. The van der Waals surface area contributed by atoms with Crippen molar-refractivity contribution in [3.8, 4) is 0 Å². The van der Waals surface area contributed by atoms with Gasteiger partial charge in [-0.25, -0.2) is 4.79 Å². The minimum atomic E-state index is -4.50. The molecule has 0 unspecified atom stereocenters. The number of amides is 1. The average molecular weight is 386 g/mol. The molecular formula is C18H15ClF3NO3. The Morgan fingerprint density at radius 1 is 1.15 bits per heavy atom. The molecule has 0 saturated carbocycles. The minimum Gasteiger partial charge on any atom is -0.467 e. The Hall–Kier alpha value is -2.54. The normalized spacial score (nSPS) is 12.3. The molecule has 0 aliphatic heterocycles. The Balaban J connectivity index is 2.19. The molecule has 0 fully saturated rings. The van der Waals surface area contributed by atoms with E-state index < -0.39 is 29.7 Å². The zero-order valence-electron chi connectivity index (χ0n) is 13.6. The van der Waals surface area contributed by atoms with Crippen LogP contribution in [-0.4, -0.2) is 25.0 Å². The van der Waals surface area contributed by atoms with Crippen LogP contribution in [0, 0.1) is 0 Å². The van der Waals surface area contributed by atoms with Gasteiger partial charge in [0.25, 0.3) is 5.91 Å². The van der Waals surface area contributed by atoms with Gasteiger partial charge in [-0.2, -0.15) is 13.2 Å². The van der Waals surface area contributed by atoms with E-state index in [2.05, 4.69) is 10.1 Å². The number of carbonyl (C=O) groups excluding carboxylic acids is 2. The number of nitrogens with one attached hydrogen (secondary N) is 1. The van der Waals surface area contributed by atoms with Crippen molar-refractivity contribution < 1.29 is 27.5 Å². The highest BCUT2D eigenvalue weighted by atomic mass is 35.5. The molecule has 2 rings (SSSR count). The number of esters is 1. The summed E-state index contributed by atoms with van der Waals surface area (Å²) in [6.45, 7) is 0. The monoisotopic (exact) mass is 385 g/mol. The molecule has 0 bridgehead atoms. The van der Waals surface area contributed by atoms with Gasteiger partial charge in [-0.1, -0.05) is 29.8 Å². The summed E-state index contributed by atoms with van der Waals surface area (Å²) in [5, 5.41) is 2.91. The predicted octanol–water partition coefficient (Wildman–Crippen LogP) is 3.87. The van der Waals surface area contributed by atoms with Gasteiger partial charge in [-0.3, -0.25) is 4.79 Å². The second-order valence-corrected chi connectivity index (χ2v) is 5.89. The Bertz CT molecular complexity index is 791. The van der Waals surface area contributed by atoms with Gasteiger partial charge in [-0.05, 0) is 35.9 Å². The maximum absolute atomic E-state index is 12.8. The zero-order chi connectivity index (χ0) is 19.3. The van der Waals surface area contributed by atoms with Crippen molar-refractivity contribution in [2.75, 3.05) is 7.11 Å².